The van der Waals surface area contributed by atoms with E-state index in [9.17, 15) is 13.2 Å². The van der Waals surface area contributed by atoms with Crippen LogP contribution in [-0.4, -0.2) is 59.7 Å². The molecule has 162 valence electrons. The smallest absolute Gasteiger partial charge is 0.259 e. The van der Waals surface area contributed by atoms with E-state index in [0.29, 0.717) is 49.1 Å². The lowest BCUT2D eigenvalue weighted by Crippen LogP contribution is -2.40. The maximum absolute atomic E-state index is 13.0. The van der Waals surface area contributed by atoms with E-state index in [1.807, 2.05) is 13.0 Å². The Kier molecular flexibility index (Phi) is 5.86. The molecule has 1 N–H and O–H groups in total. The van der Waals surface area contributed by atoms with Crippen molar-refractivity contribution in [3.8, 4) is 5.82 Å². The first-order chi connectivity index (χ1) is 14.9. The molecule has 1 aromatic carbocycles. The van der Waals surface area contributed by atoms with E-state index in [2.05, 4.69) is 15.4 Å². The zero-order valence-electron chi connectivity index (χ0n) is 17.3. The Hall–Kier alpha value is -3.08. The molecule has 0 bridgehead atoms. The molecule has 1 fully saturated rings. The maximum Gasteiger partial charge on any atom is 0.259 e. The number of benzene rings is 1. The van der Waals surface area contributed by atoms with Crippen molar-refractivity contribution in [2.45, 2.75) is 18.7 Å². The van der Waals surface area contributed by atoms with Crippen molar-refractivity contribution in [2.75, 3.05) is 31.6 Å². The van der Waals surface area contributed by atoms with Gasteiger partial charge in [-0.2, -0.15) is 9.40 Å². The number of rotatable bonds is 5. The molecule has 9 nitrogen and oxygen atoms in total. The van der Waals surface area contributed by atoms with Gasteiger partial charge in [-0.3, -0.25) is 4.79 Å². The van der Waals surface area contributed by atoms with Gasteiger partial charge in [-0.15, -0.1) is 0 Å². The molecule has 1 saturated heterocycles. The van der Waals surface area contributed by atoms with E-state index in [1.54, 1.807) is 42.1 Å². The van der Waals surface area contributed by atoms with Gasteiger partial charge in [0.2, 0.25) is 10.0 Å². The fourth-order valence-electron chi connectivity index (χ4n) is 3.36. The third-order valence-corrected chi connectivity index (χ3v) is 7.08. The SMILES string of the molecule is Cc1ccc(S(=O)(=O)N2CCOCC2)cc1NC(=O)c1cnn(-c2ccccn2)c1C. The number of anilines is 1. The third-order valence-electron chi connectivity index (χ3n) is 5.19. The number of ether oxygens (including phenoxy) is 1. The summed E-state index contributed by atoms with van der Waals surface area (Å²) in [5.74, 6) is 0.234. The van der Waals surface area contributed by atoms with Gasteiger partial charge in [0, 0.05) is 25.0 Å². The Morgan fingerprint density at radius 1 is 1.13 bits per heavy atom. The number of aromatic nitrogens is 3. The maximum atomic E-state index is 13.0. The summed E-state index contributed by atoms with van der Waals surface area (Å²) < 4.78 is 34.1. The van der Waals surface area contributed by atoms with Crippen LogP contribution >= 0.6 is 0 Å². The van der Waals surface area contributed by atoms with Crippen molar-refractivity contribution < 1.29 is 17.9 Å². The van der Waals surface area contributed by atoms with Crippen LogP contribution < -0.4 is 5.32 Å². The molecule has 0 radical (unpaired) electrons. The van der Waals surface area contributed by atoms with E-state index in [1.165, 1.54) is 16.6 Å². The highest BCUT2D eigenvalue weighted by Crippen LogP contribution is 2.24. The van der Waals surface area contributed by atoms with Gasteiger partial charge < -0.3 is 10.1 Å². The minimum atomic E-state index is -3.66. The summed E-state index contributed by atoms with van der Waals surface area (Å²) in [4.78, 5) is 17.3. The number of carbonyl (C=O) groups is 1. The molecule has 3 aromatic rings. The summed E-state index contributed by atoms with van der Waals surface area (Å²) in [6.45, 7) is 4.95. The predicted molar refractivity (Wildman–Crippen MR) is 115 cm³/mol. The second-order valence-electron chi connectivity index (χ2n) is 7.19. The highest BCUT2D eigenvalue weighted by atomic mass is 32.2. The Bertz CT molecular complexity index is 1200. The van der Waals surface area contributed by atoms with Crippen molar-refractivity contribution in [2.24, 2.45) is 0 Å². The van der Waals surface area contributed by atoms with Crippen LogP contribution in [-0.2, 0) is 14.8 Å². The van der Waals surface area contributed by atoms with Crippen LogP contribution in [0.4, 0.5) is 5.69 Å². The summed E-state index contributed by atoms with van der Waals surface area (Å²) >= 11 is 0. The molecular formula is C21H23N5O4S. The van der Waals surface area contributed by atoms with Crippen LogP contribution in [0.2, 0.25) is 0 Å². The zero-order chi connectivity index (χ0) is 22.0. The number of nitrogens with zero attached hydrogens (tertiary/aromatic N) is 4. The summed E-state index contributed by atoms with van der Waals surface area (Å²) in [5.41, 5.74) is 2.20. The van der Waals surface area contributed by atoms with Gasteiger partial charge in [0.05, 0.1) is 35.6 Å². The van der Waals surface area contributed by atoms with E-state index >= 15 is 0 Å². The van der Waals surface area contributed by atoms with E-state index < -0.39 is 10.0 Å². The summed E-state index contributed by atoms with van der Waals surface area (Å²) in [6.07, 6.45) is 3.13. The number of nitrogens with one attached hydrogen (secondary N) is 1. The molecule has 0 atom stereocenters. The van der Waals surface area contributed by atoms with Crippen LogP contribution in [0.1, 0.15) is 21.6 Å². The summed E-state index contributed by atoms with van der Waals surface area (Å²) in [5, 5.41) is 7.10. The van der Waals surface area contributed by atoms with Crippen molar-refractivity contribution in [1.82, 2.24) is 19.1 Å². The van der Waals surface area contributed by atoms with Gasteiger partial charge in [0.1, 0.15) is 0 Å². The Morgan fingerprint density at radius 3 is 2.61 bits per heavy atom. The molecule has 1 aliphatic rings. The molecule has 3 heterocycles. The van der Waals surface area contributed by atoms with Crippen molar-refractivity contribution >= 4 is 21.6 Å². The van der Waals surface area contributed by atoms with Crippen LogP contribution in [0.15, 0.2) is 53.7 Å². The molecule has 0 aliphatic carbocycles. The van der Waals surface area contributed by atoms with Crippen molar-refractivity contribution in [3.63, 3.8) is 0 Å². The number of pyridine rings is 1. The van der Waals surface area contributed by atoms with Gasteiger partial charge in [0.15, 0.2) is 5.82 Å². The number of amides is 1. The van der Waals surface area contributed by atoms with E-state index in [0.717, 1.165) is 5.56 Å². The molecule has 0 spiro atoms. The molecule has 0 unspecified atom stereocenters. The molecule has 1 aliphatic heterocycles. The van der Waals surface area contributed by atoms with Gasteiger partial charge >= 0.3 is 0 Å². The van der Waals surface area contributed by atoms with Crippen molar-refractivity contribution in [1.29, 1.82) is 0 Å². The van der Waals surface area contributed by atoms with E-state index in [4.69, 9.17) is 4.74 Å². The van der Waals surface area contributed by atoms with Gasteiger partial charge in [-0.05, 0) is 43.7 Å². The number of morpholine rings is 1. The molecule has 2 aromatic heterocycles. The molecule has 0 saturated carbocycles. The first-order valence-corrected chi connectivity index (χ1v) is 11.3. The number of sulfonamides is 1. The second kappa shape index (κ2) is 8.58. The number of hydrogen-bond donors (Lipinski definition) is 1. The third kappa shape index (κ3) is 4.22. The van der Waals surface area contributed by atoms with Crippen molar-refractivity contribution in [3.05, 3.63) is 65.6 Å². The molecule has 10 heteroatoms. The Labute approximate surface area is 180 Å². The first-order valence-electron chi connectivity index (χ1n) is 9.84. The normalized spacial score (nSPS) is 15.0. The average Bonchev–Trinajstić information content (AvgIpc) is 3.17. The number of hydrogen-bond acceptors (Lipinski definition) is 6. The minimum absolute atomic E-state index is 0.135. The monoisotopic (exact) mass is 441 g/mol. The summed E-state index contributed by atoms with van der Waals surface area (Å²) in [6, 6.07) is 10.2. The number of aryl methyl sites for hydroxylation is 1. The fraction of sp³-hybridized carbons (Fsp3) is 0.286. The predicted octanol–water partition coefficient (Wildman–Crippen LogP) is 2.16. The van der Waals surface area contributed by atoms with Gasteiger partial charge in [-0.25, -0.2) is 18.1 Å². The lowest BCUT2D eigenvalue weighted by Gasteiger charge is -2.26. The highest BCUT2D eigenvalue weighted by Gasteiger charge is 2.27. The quantitative estimate of drug-likeness (QED) is 0.650. The highest BCUT2D eigenvalue weighted by molar-refractivity contribution is 7.89. The molecule has 31 heavy (non-hydrogen) atoms. The van der Waals surface area contributed by atoms with Gasteiger partial charge in [0.25, 0.3) is 5.91 Å². The summed E-state index contributed by atoms with van der Waals surface area (Å²) in [7, 11) is -3.66. The van der Waals surface area contributed by atoms with Crippen LogP contribution in [0.5, 0.6) is 0 Å². The largest absolute Gasteiger partial charge is 0.379 e. The Morgan fingerprint density at radius 2 is 1.90 bits per heavy atom. The lowest BCUT2D eigenvalue weighted by atomic mass is 10.2. The van der Waals surface area contributed by atoms with E-state index in [-0.39, 0.29) is 10.8 Å². The van der Waals surface area contributed by atoms with Crippen LogP contribution in [0.25, 0.3) is 5.82 Å². The van der Waals surface area contributed by atoms with Crippen LogP contribution in [0.3, 0.4) is 0 Å². The fourth-order valence-corrected chi connectivity index (χ4v) is 4.80. The first kappa shape index (κ1) is 21.2. The molecule has 4 rings (SSSR count). The zero-order valence-corrected chi connectivity index (χ0v) is 18.1. The topological polar surface area (TPSA) is 106 Å². The van der Waals surface area contributed by atoms with Crippen LogP contribution in [0, 0.1) is 13.8 Å². The molecular weight excluding hydrogens is 418 g/mol. The lowest BCUT2D eigenvalue weighted by molar-refractivity contribution is 0.0730. The molecule has 1 amide bonds. The second-order valence-corrected chi connectivity index (χ2v) is 9.13. The standard InChI is InChI=1S/C21H23N5O4S/c1-15-6-7-17(31(28,29)25-9-11-30-12-10-25)13-19(15)24-21(27)18-14-23-26(16(18)2)20-5-3-4-8-22-20/h3-8,13-14H,9-12H2,1-2H3,(H,24,27). The Balaban J connectivity index is 1.59. The minimum Gasteiger partial charge on any atom is -0.379 e. The average molecular weight is 442 g/mol. The number of carbonyl (C=O) groups excluding carboxylic acids is 1. The van der Waals surface area contributed by atoms with Gasteiger partial charge in [-0.1, -0.05) is 12.1 Å².